The van der Waals surface area contributed by atoms with E-state index in [-0.39, 0.29) is 80.2 Å². The van der Waals surface area contributed by atoms with Gasteiger partial charge in [-0.15, -0.1) is 12.4 Å². The highest BCUT2D eigenvalue weighted by Crippen LogP contribution is 2.38. The van der Waals surface area contributed by atoms with Crippen LogP contribution < -0.4 is 32.7 Å². The molecule has 0 radical (unpaired) electrons. The van der Waals surface area contributed by atoms with Crippen molar-refractivity contribution in [3.8, 4) is 0 Å². The number of alkyl carbamates (subject to hydrolysis) is 2. The predicted molar refractivity (Wildman–Crippen MR) is 525 cm³/mol. The van der Waals surface area contributed by atoms with Crippen LogP contribution >= 0.6 is 47.2 Å². The lowest BCUT2D eigenvalue weighted by Crippen LogP contribution is -2.43. The number of carbonyl (C=O) groups is 9. The van der Waals surface area contributed by atoms with Crippen LogP contribution in [0.2, 0.25) is 15.1 Å². The number of amides is 4. The van der Waals surface area contributed by atoms with Crippen LogP contribution in [-0.2, 0) is 42.9 Å². The molecular weight excluding hydrogens is 1770 g/mol. The van der Waals surface area contributed by atoms with Crippen molar-refractivity contribution < 1.29 is 85.1 Å². The fourth-order valence-electron chi connectivity index (χ4n) is 13.3. The Kier molecular flexibility index (Phi) is 51.3. The van der Waals surface area contributed by atoms with Crippen LogP contribution in [0.15, 0.2) is 127 Å². The second-order valence-electron chi connectivity index (χ2n) is 40.9. The predicted octanol–water partition coefficient (Wildman–Crippen LogP) is 25.6. The van der Waals surface area contributed by atoms with E-state index >= 15 is 0 Å². The number of ether oxygens (including phenoxy) is 5. The first kappa shape index (κ1) is 121. The Bertz CT molecular complexity index is 4590. The van der Waals surface area contributed by atoms with Gasteiger partial charge in [-0.1, -0.05) is 179 Å². The fraction of sp³-hybridized carbons (Fsp3) is 0.563. The van der Waals surface area contributed by atoms with Crippen molar-refractivity contribution in [2.45, 2.75) is 343 Å². The number of carboxylic acids is 1. The molecule has 0 aromatic heterocycles. The topological polar surface area (TPSA) is 323 Å². The number of halogens is 7. The number of hydrogen-bond acceptors (Lipinski definition) is 17. The van der Waals surface area contributed by atoms with Gasteiger partial charge in [0.25, 0.3) is 0 Å². The molecule has 0 spiro atoms. The Labute approximate surface area is 805 Å². The van der Waals surface area contributed by atoms with Gasteiger partial charge in [-0.2, -0.15) is 0 Å². The largest absolute Gasteiger partial charge is 0.479 e. The molecule has 22 nitrogen and oxygen atoms in total. The summed E-state index contributed by atoms with van der Waals surface area (Å²) in [6.45, 7) is 59.4. The summed E-state index contributed by atoms with van der Waals surface area (Å²) in [5, 5.41) is 19.5. The minimum Gasteiger partial charge on any atom is -0.479 e. The van der Waals surface area contributed by atoms with Gasteiger partial charge >= 0.3 is 36.1 Å². The van der Waals surface area contributed by atoms with Gasteiger partial charge in [0.05, 0.1) is 62.2 Å². The number of benzene rings is 6. The smallest absolute Gasteiger partial charge is 0.408 e. The first-order valence-corrected chi connectivity index (χ1v) is 46.2. The van der Waals surface area contributed by atoms with Crippen molar-refractivity contribution in [1.29, 1.82) is 0 Å². The summed E-state index contributed by atoms with van der Waals surface area (Å²) in [5.41, 5.74) is 16.5. The van der Waals surface area contributed by atoms with Crippen LogP contribution in [0.3, 0.4) is 0 Å². The number of nitrogens with one attached hydrogen (secondary N) is 4. The van der Waals surface area contributed by atoms with E-state index in [1.165, 1.54) is 36.4 Å². The number of carbonyl (C=O) groups excluding carboxylic acids is 8. The molecule has 0 aliphatic heterocycles. The zero-order valence-corrected chi connectivity index (χ0v) is 86.4. The molecule has 0 saturated heterocycles. The summed E-state index contributed by atoms with van der Waals surface area (Å²) in [6.07, 6.45) is 6.56. The molecule has 1 fully saturated rings. The molecule has 0 heterocycles. The molecule has 3 unspecified atom stereocenters. The lowest BCUT2D eigenvalue weighted by atomic mass is 9.72. The molecule has 1 aliphatic rings. The zero-order valence-electron chi connectivity index (χ0n) is 83.3. The quantitative estimate of drug-likeness (QED) is 0.0177. The molecule has 4 amide bonds. The number of rotatable bonds is 28. The third-order valence-electron chi connectivity index (χ3n) is 20.3. The van der Waals surface area contributed by atoms with E-state index in [0.717, 1.165) is 98.7 Å². The number of nitrogens with zero attached hydrogens (tertiary/aromatic N) is 1. The van der Waals surface area contributed by atoms with Crippen LogP contribution in [-0.4, -0.2) is 112 Å². The highest BCUT2D eigenvalue weighted by Gasteiger charge is 2.33. The molecule has 0 bridgehead atoms. The first-order valence-electron chi connectivity index (χ1n) is 45.1. The second kappa shape index (κ2) is 55.9. The van der Waals surface area contributed by atoms with Gasteiger partial charge in [-0.25, -0.2) is 41.9 Å². The SMILES string of the molecule is CC(C)(C)C1CCC(=O)CC1.CC(C)(C)OC(=O)NC(C(=O)O)c1ccc(F)c(Cl)c1.CC(C)OC(=O)c1ccc([C@@H](CCC(C)(C)C)NC(=O)C(N)c2ccc(F)c(Cl)c2)cc1.CC(C)OC(=O)c1ccc([C@@H](CCC(C)(C)C)NC(=O)C(NC(=O)OC(C)(C)C)c2ccc(F)c(Cl)c2)cc1.CC(C)OC(=O)c1ccc([C@H](N)CCC(C)(C)C)cc1.CCN(C(C)C)C(C)C.Cl. The van der Waals surface area contributed by atoms with E-state index < -0.39 is 94.7 Å². The Balaban J connectivity index is 0.000000840. The van der Waals surface area contributed by atoms with E-state index in [0.29, 0.717) is 69.4 Å². The summed E-state index contributed by atoms with van der Waals surface area (Å²) < 4.78 is 66.4. The maximum Gasteiger partial charge on any atom is 0.408 e. The van der Waals surface area contributed by atoms with Crippen molar-refractivity contribution in [3.05, 3.63) is 210 Å². The van der Waals surface area contributed by atoms with Crippen molar-refractivity contribution in [2.75, 3.05) is 6.54 Å². The average Bonchev–Trinajstić information content (AvgIpc) is 0.817. The summed E-state index contributed by atoms with van der Waals surface area (Å²) in [5.74, 6) is -3.98. The molecule has 132 heavy (non-hydrogen) atoms. The molecule has 6 atom stereocenters. The maximum atomic E-state index is 13.9. The summed E-state index contributed by atoms with van der Waals surface area (Å²) >= 11 is 17.4. The van der Waals surface area contributed by atoms with E-state index in [2.05, 4.69) is 144 Å². The number of hydrogen-bond donors (Lipinski definition) is 7. The van der Waals surface area contributed by atoms with Crippen LogP contribution in [0.4, 0.5) is 22.8 Å². The van der Waals surface area contributed by atoms with Gasteiger partial charge in [-0.3, -0.25) is 19.3 Å². The van der Waals surface area contributed by atoms with Gasteiger partial charge in [0.1, 0.15) is 46.5 Å². The van der Waals surface area contributed by atoms with E-state index in [1.54, 1.807) is 118 Å². The zero-order chi connectivity index (χ0) is 100. The third kappa shape index (κ3) is 48.4. The van der Waals surface area contributed by atoms with Gasteiger partial charge in [0.2, 0.25) is 11.8 Å². The molecule has 1 saturated carbocycles. The number of ketones is 1. The minimum atomic E-state index is -1.37. The average molecular weight is 1930 g/mol. The molecule has 738 valence electrons. The molecule has 6 aromatic carbocycles. The Morgan fingerprint density at radius 3 is 1.02 bits per heavy atom. The van der Waals surface area contributed by atoms with Crippen molar-refractivity contribution in [2.24, 2.45) is 39.0 Å². The van der Waals surface area contributed by atoms with Crippen molar-refractivity contribution in [1.82, 2.24) is 26.2 Å². The number of aliphatic carboxylic acids is 1. The monoisotopic (exact) mass is 1920 g/mol. The molecular formula is C103H152Cl4F3N7O15. The fourth-order valence-corrected chi connectivity index (χ4v) is 13.9. The second-order valence-corrected chi connectivity index (χ2v) is 42.2. The first-order chi connectivity index (χ1) is 60.2. The molecule has 9 N–H and O–H groups in total. The number of esters is 3. The molecule has 1 aliphatic carbocycles. The molecule has 7 rings (SSSR count). The normalized spacial score (nSPS) is 13.9. The van der Waals surface area contributed by atoms with Crippen LogP contribution in [0, 0.1) is 45.0 Å². The third-order valence-corrected chi connectivity index (χ3v) is 21.2. The van der Waals surface area contributed by atoms with Crippen LogP contribution in [0.25, 0.3) is 0 Å². The van der Waals surface area contributed by atoms with E-state index in [1.807, 2.05) is 38.1 Å². The van der Waals surface area contributed by atoms with Crippen molar-refractivity contribution >= 4 is 101 Å². The summed E-state index contributed by atoms with van der Waals surface area (Å²) in [4.78, 5) is 112. The number of nitrogens with two attached hydrogens (primary N) is 2. The number of carboxylic acid groups (broad SMARTS) is 1. The van der Waals surface area contributed by atoms with Gasteiger partial charge < -0.3 is 61.5 Å². The van der Waals surface area contributed by atoms with Crippen LogP contribution in [0.1, 0.15) is 366 Å². The highest BCUT2D eigenvalue weighted by atomic mass is 35.5. The Morgan fingerprint density at radius 2 is 0.727 bits per heavy atom. The van der Waals surface area contributed by atoms with Gasteiger partial charge in [-0.05, 0) is 302 Å². The van der Waals surface area contributed by atoms with Crippen LogP contribution in [0.5, 0.6) is 0 Å². The summed E-state index contributed by atoms with van der Waals surface area (Å²) in [7, 11) is 0. The maximum absolute atomic E-state index is 13.9. The lowest BCUT2D eigenvalue weighted by molar-refractivity contribution is -0.139. The van der Waals surface area contributed by atoms with Gasteiger partial charge in [0.15, 0.2) is 6.04 Å². The van der Waals surface area contributed by atoms with E-state index in [4.69, 9.17) is 75.1 Å². The lowest BCUT2D eigenvalue weighted by Gasteiger charge is -2.33. The standard InChI is InChI=1S/C30H40ClFN2O5.C25H32ClFN2O3.C17H27NO2.C13H15ClFNO4.C10H18O.C8H19N.ClH/c1-18(2)38-27(36)20-11-9-19(10-12-20)24(15-16-29(3,4)5)33-26(35)25(34-28(37)39-30(6,7)8)21-13-14-23(32)22(31)17-21;1-15(2)32-24(31)17-8-6-16(7-9-17)21(12-13-25(3,4)5)29-23(30)22(28)18-10-11-20(27)19(26)14-18;1-12(2)20-16(19)14-8-6-13(7-9-14)15(18)10-11-17(3,4)5;1-13(2,3)20-12(19)16-10(11(17)18)7-4-5-9(15)8(14)6-7;1-10(2,3)8-4-6-9(11)7-5-8;1-6-9(7(2)3)8(4)5;/h9-14,17-18,24-25H,15-16H2,1-8H3,(H,33,35)(H,34,37);6-11,14-15,21-22H,12-13,28H2,1-5H3,(H,29,30);6-9,12,15H,10-11,18H2,1-5H3;4-6,10H,1-3H3,(H,16,19)(H,17,18);8H,4-7H2,1-3H3;7-8H,6H2,1-5H3;1H/t24-,25?;21-,22?;15-;;;;/m111..../s1. The Morgan fingerprint density at radius 1 is 0.432 bits per heavy atom. The molecule has 29 heteroatoms. The summed E-state index contributed by atoms with van der Waals surface area (Å²) in [6, 6.07) is 29.6. The minimum absolute atomic E-state index is 0. The van der Waals surface area contributed by atoms with Crippen molar-refractivity contribution in [3.63, 3.8) is 0 Å². The Hall–Kier alpha value is -8.82. The van der Waals surface area contributed by atoms with Gasteiger partial charge in [0, 0.05) is 31.0 Å². The highest BCUT2D eigenvalue weighted by molar-refractivity contribution is 6.31. The van der Waals surface area contributed by atoms with E-state index in [9.17, 15) is 56.3 Å². The number of Topliss-reactive ketones (excluding diaryl/α,β-unsaturated/α-hetero) is 1. The molecule has 6 aromatic rings.